The summed E-state index contributed by atoms with van der Waals surface area (Å²) < 4.78 is 46.4. The average molecular weight is 416 g/mol. The molecule has 10 heteroatoms. The summed E-state index contributed by atoms with van der Waals surface area (Å²) in [7, 11) is 0.786. The maximum atomic E-state index is 14.0. The number of anilines is 1. The maximum Gasteiger partial charge on any atom is 0.441 e. The molecule has 28 heavy (non-hydrogen) atoms. The molecule has 1 heterocycles. The lowest BCUT2D eigenvalue weighted by Gasteiger charge is -2.34. The Bertz CT molecular complexity index is 868. The highest BCUT2D eigenvalue weighted by molar-refractivity contribution is 6.30. The zero-order valence-electron chi connectivity index (χ0n) is 15.1. The Morgan fingerprint density at radius 1 is 1.11 bits per heavy atom. The van der Waals surface area contributed by atoms with Crippen molar-refractivity contribution in [2.24, 2.45) is 0 Å². The Labute approximate surface area is 164 Å². The zero-order chi connectivity index (χ0) is 21.1. The SMILES string of the molecule is COC(=O)[C@](NC(=O)c1ccc(Cl)cc1)(Nc1cc(C)cc(C)n1)C(F)(F)F. The first-order valence-electron chi connectivity index (χ1n) is 7.95. The molecule has 0 aliphatic carbocycles. The Morgan fingerprint density at radius 2 is 1.71 bits per heavy atom. The molecule has 0 radical (unpaired) electrons. The van der Waals surface area contributed by atoms with Crippen LogP contribution >= 0.6 is 11.6 Å². The third-order valence-electron chi connectivity index (χ3n) is 3.74. The smallest absolute Gasteiger partial charge is 0.441 e. The van der Waals surface area contributed by atoms with Gasteiger partial charge in [0.05, 0.1) is 7.11 Å². The van der Waals surface area contributed by atoms with E-state index in [4.69, 9.17) is 11.6 Å². The summed E-state index contributed by atoms with van der Waals surface area (Å²) in [6.07, 6.45) is -5.25. The largest absolute Gasteiger partial charge is 0.466 e. The van der Waals surface area contributed by atoms with E-state index in [1.165, 1.54) is 30.3 Å². The quantitative estimate of drug-likeness (QED) is 0.576. The van der Waals surface area contributed by atoms with Crippen molar-refractivity contribution in [2.45, 2.75) is 25.7 Å². The van der Waals surface area contributed by atoms with Crippen LogP contribution < -0.4 is 10.6 Å². The van der Waals surface area contributed by atoms with Crippen molar-refractivity contribution in [3.05, 3.63) is 58.2 Å². The van der Waals surface area contributed by atoms with E-state index in [-0.39, 0.29) is 11.4 Å². The van der Waals surface area contributed by atoms with E-state index < -0.39 is 23.7 Å². The first kappa shape index (κ1) is 21.5. The van der Waals surface area contributed by atoms with Gasteiger partial charge in [0.2, 0.25) is 0 Å². The van der Waals surface area contributed by atoms with Crippen molar-refractivity contribution in [3.63, 3.8) is 0 Å². The van der Waals surface area contributed by atoms with E-state index in [1.807, 2.05) is 5.32 Å². The predicted octanol–water partition coefficient (Wildman–Crippen LogP) is 3.63. The summed E-state index contributed by atoms with van der Waals surface area (Å²) >= 11 is 5.73. The molecule has 0 unspecified atom stereocenters. The number of rotatable bonds is 5. The van der Waals surface area contributed by atoms with Crippen LogP contribution in [-0.4, -0.2) is 35.8 Å². The molecule has 150 valence electrons. The van der Waals surface area contributed by atoms with Crippen LogP contribution in [0, 0.1) is 13.8 Å². The van der Waals surface area contributed by atoms with Gasteiger partial charge in [0, 0.05) is 16.3 Å². The molecule has 1 amide bonds. The van der Waals surface area contributed by atoms with Crippen molar-refractivity contribution in [1.29, 1.82) is 0 Å². The monoisotopic (exact) mass is 415 g/mol. The van der Waals surface area contributed by atoms with E-state index in [2.05, 4.69) is 9.72 Å². The lowest BCUT2D eigenvalue weighted by molar-refractivity contribution is -0.203. The Kier molecular flexibility index (Phi) is 6.18. The molecular formula is C18H17ClF3N3O3. The van der Waals surface area contributed by atoms with Crippen LogP contribution in [0.4, 0.5) is 19.0 Å². The maximum absolute atomic E-state index is 14.0. The Balaban J connectivity index is 2.52. The molecule has 6 nitrogen and oxygen atoms in total. The van der Waals surface area contributed by atoms with Gasteiger partial charge in [0.15, 0.2) is 0 Å². The molecule has 0 saturated carbocycles. The van der Waals surface area contributed by atoms with Gasteiger partial charge in [-0.1, -0.05) is 11.6 Å². The van der Waals surface area contributed by atoms with Crippen LogP contribution in [0.1, 0.15) is 21.6 Å². The highest BCUT2D eigenvalue weighted by Crippen LogP contribution is 2.33. The van der Waals surface area contributed by atoms with Gasteiger partial charge in [-0.05, 0) is 55.8 Å². The third kappa shape index (κ3) is 4.53. The number of benzene rings is 1. The van der Waals surface area contributed by atoms with Gasteiger partial charge in [-0.2, -0.15) is 13.2 Å². The second kappa shape index (κ2) is 8.05. The molecule has 2 aromatic rings. The van der Waals surface area contributed by atoms with Gasteiger partial charge in [-0.3, -0.25) is 4.79 Å². The number of amides is 1. The van der Waals surface area contributed by atoms with E-state index in [1.54, 1.807) is 25.2 Å². The number of esters is 1. The number of methoxy groups -OCH3 is 1. The lowest BCUT2D eigenvalue weighted by atomic mass is 10.1. The zero-order valence-corrected chi connectivity index (χ0v) is 15.9. The molecule has 2 N–H and O–H groups in total. The highest BCUT2D eigenvalue weighted by atomic mass is 35.5. The topological polar surface area (TPSA) is 80.3 Å². The molecular weight excluding hydrogens is 399 g/mol. The van der Waals surface area contributed by atoms with Crippen molar-refractivity contribution in [3.8, 4) is 0 Å². The first-order chi connectivity index (χ1) is 13.0. The van der Waals surface area contributed by atoms with Crippen LogP contribution in [-0.2, 0) is 9.53 Å². The normalized spacial score (nSPS) is 13.4. The minimum absolute atomic E-state index is 0.128. The standard InChI is InChI=1S/C18H17ClF3N3O3/c1-10-8-11(2)23-14(9-10)24-17(16(27)28-3,18(20,21)22)25-15(26)12-4-6-13(19)7-5-12/h4-9H,1-3H3,(H,23,24)(H,25,26)/t17-/m1/s1. The van der Waals surface area contributed by atoms with Crippen LogP contribution in [0.3, 0.4) is 0 Å². The lowest BCUT2D eigenvalue weighted by Crippen LogP contribution is -2.69. The molecule has 0 bridgehead atoms. The summed E-state index contributed by atoms with van der Waals surface area (Å²) in [5.41, 5.74) is -2.64. The molecule has 0 aliphatic heterocycles. The summed E-state index contributed by atoms with van der Waals surface area (Å²) in [5, 5.41) is 4.02. The summed E-state index contributed by atoms with van der Waals surface area (Å²) in [4.78, 5) is 28.6. The van der Waals surface area contributed by atoms with Gasteiger partial charge in [0.25, 0.3) is 5.91 Å². The number of nitrogens with one attached hydrogen (secondary N) is 2. The number of halogens is 4. The van der Waals surface area contributed by atoms with Crippen molar-refractivity contribution in [1.82, 2.24) is 10.3 Å². The minimum atomic E-state index is -5.25. The third-order valence-corrected chi connectivity index (χ3v) is 3.99. The van der Waals surface area contributed by atoms with Crippen molar-refractivity contribution >= 4 is 29.3 Å². The fraction of sp³-hybridized carbons (Fsp3) is 0.278. The molecule has 0 aliphatic rings. The van der Waals surface area contributed by atoms with Gasteiger partial charge in [-0.15, -0.1) is 0 Å². The van der Waals surface area contributed by atoms with Crippen LogP contribution in [0.15, 0.2) is 36.4 Å². The number of carbonyl (C=O) groups excluding carboxylic acids is 2. The van der Waals surface area contributed by atoms with E-state index in [0.717, 1.165) is 7.11 Å². The fourth-order valence-corrected chi connectivity index (χ4v) is 2.61. The molecule has 0 spiro atoms. The number of pyridine rings is 1. The molecule has 0 saturated heterocycles. The number of alkyl halides is 3. The summed E-state index contributed by atoms with van der Waals surface area (Å²) in [6.45, 7) is 3.23. The minimum Gasteiger partial charge on any atom is -0.466 e. The van der Waals surface area contributed by atoms with Crippen molar-refractivity contribution in [2.75, 3.05) is 12.4 Å². The molecule has 1 aromatic heterocycles. The highest BCUT2D eigenvalue weighted by Gasteiger charge is 2.63. The summed E-state index contributed by atoms with van der Waals surface area (Å²) in [6, 6.07) is 8.08. The average Bonchev–Trinajstić information content (AvgIpc) is 2.59. The number of hydrogen-bond acceptors (Lipinski definition) is 5. The Morgan fingerprint density at radius 3 is 2.21 bits per heavy atom. The van der Waals surface area contributed by atoms with Gasteiger partial charge in [-0.25, -0.2) is 9.78 Å². The molecule has 2 rings (SSSR count). The number of carbonyl (C=O) groups is 2. The van der Waals surface area contributed by atoms with Crippen LogP contribution in [0.2, 0.25) is 5.02 Å². The molecule has 1 aromatic carbocycles. The number of nitrogens with zero attached hydrogens (tertiary/aromatic N) is 1. The van der Waals surface area contributed by atoms with Gasteiger partial charge in [0.1, 0.15) is 5.82 Å². The first-order valence-corrected chi connectivity index (χ1v) is 8.33. The van der Waals surface area contributed by atoms with E-state index >= 15 is 0 Å². The second-order valence-electron chi connectivity index (χ2n) is 6.00. The second-order valence-corrected chi connectivity index (χ2v) is 6.43. The Hall–Kier alpha value is -2.81. The van der Waals surface area contributed by atoms with Gasteiger partial charge >= 0.3 is 17.8 Å². The van der Waals surface area contributed by atoms with E-state index in [0.29, 0.717) is 16.3 Å². The number of hydrogen-bond donors (Lipinski definition) is 2. The fourth-order valence-electron chi connectivity index (χ4n) is 2.49. The number of aromatic nitrogens is 1. The molecule has 0 fully saturated rings. The summed E-state index contributed by atoms with van der Waals surface area (Å²) in [5.74, 6) is -3.16. The predicted molar refractivity (Wildman–Crippen MR) is 97.1 cm³/mol. The number of aryl methyl sites for hydroxylation is 2. The number of ether oxygens (including phenoxy) is 1. The van der Waals surface area contributed by atoms with Crippen LogP contribution in [0.25, 0.3) is 0 Å². The van der Waals surface area contributed by atoms with E-state index in [9.17, 15) is 22.8 Å². The van der Waals surface area contributed by atoms with Crippen LogP contribution in [0.5, 0.6) is 0 Å². The van der Waals surface area contributed by atoms with Crippen molar-refractivity contribution < 1.29 is 27.5 Å². The van der Waals surface area contributed by atoms with Gasteiger partial charge < -0.3 is 15.4 Å². The molecule has 1 atom stereocenters.